The van der Waals surface area contributed by atoms with E-state index in [0.717, 1.165) is 12.8 Å². The summed E-state index contributed by atoms with van der Waals surface area (Å²) in [7, 11) is 0. The third kappa shape index (κ3) is 11.5. The number of carbonyl (C=O) groups is 1. The van der Waals surface area contributed by atoms with E-state index in [1.54, 1.807) is 0 Å². The van der Waals surface area contributed by atoms with Gasteiger partial charge in [-0.15, -0.1) is 0 Å². The Labute approximate surface area is 98.3 Å². The molecule has 0 N–H and O–H groups in total. The Balaban J connectivity index is 3.28. The molecule has 0 radical (unpaired) electrons. The van der Waals surface area contributed by atoms with Gasteiger partial charge in [0, 0.05) is 0 Å². The Morgan fingerprint density at radius 1 is 1.12 bits per heavy atom. The van der Waals surface area contributed by atoms with E-state index in [-0.39, 0.29) is 18.2 Å². The van der Waals surface area contributed by atoms with Crippen molar-refractivity contribution in [3.63, 3.8) is 0 Å². The number of unbranched alkanes of at least 4 members (excludes halogenated alkanes) is 1. The van der Waals surface area contributed by atoms with Gasteiger partial charge in [0.25, 0.3) is 0 Å². The van der Waals surface area contributed by atoms with Crippen molar-refractivity contribution >= 4 is 5.97 Å². The van der Waals surface area contributed by atoms with Crippen molar-refractivity contribution < 1.29 is 19.0 Å². The van der Waals surface area contributed by atoms with Crippen LogP contribution in [-0.2, 0) is 19.0 Å². The third-order valence-electron chi connectivity index (χ3n) is 1.74. The van der Waals surface area contributed by atoms with Gasteiger partial charge < -0.3 is 14.2 Å². The summed E-state index contributed by atoms with van der Waals surface area (Å²) in [6.45, 7) is 9.39. The maximum absolute atomic E-state index is 11.1. The van der Waals surface area contributed by atoms with Gasteiger partial charge >= 0.3 is 5.97 Å². The first-order chi connectivity index (χ1) is 7.45. The molecule has 0 aliphatic carbocycles. The maximum atomic E-state index is 11.1. The fraction of sp³-hybridized carbons (Fsp3) is 0.917. The molecule has 0 aromatic heterocycles. The molecule has 4 nitrogen and oxygen atoms in total. The molecule has 0 heterocycles. The zero-order valence-electron chi connectivity index (χ0n) is 10.9. The van der Waals surface area contributed by atoms with Gasteiger partial charge in [-0.05, 0) is 27.2 Å². The lowest BCUT2D eigenvalue weighted by Gasteiger charge is -2.19. The lowest BCUT2D eigenvalue weighted by atomic mass is 10.2. The summed E-state index contributed by atoms with van der Waals surface area (Å²) in [5.74, 6) is -0.302. The SMILES string of the molecule is CCCCOC(=O)COCCOC(C)(C)C. The zero-order chi connectivity index (χ0) is 12.4. The first-order valence-corrected chi connectivity index (χ1v) is 5.83. The van der Waals surface area contributed by atoms with Crippen molar-refractivity contribution in [2.75, 3.05) is 26.4 Å². The van der Waals surface area contributed by atoms with Gasteiger partial charge in [0.1, 0.15) is 6.61 Å². The Bertz CT molecular complexity index is 184. The predicted molar refractivity (Wildman–Crippen MR) is 62.4 cm³/mol. The minimum Gasteiger partial charge on any atom is -0.464 e. The van der Waals surface area contributed by atoms with Crippen molar-refractivity contribution in [3.8, 4) is 0 Å². The second kappa shape index (κ2) is 8.53. The molecule has 0 saturated carbocycles. The second-order valence-corrected chi connectivity index (χ2v) is 4.59. The van der Waals surface area contributed by atoms with Crippen molar-refractivity contribution in [2.45, 2.75) is 46.1 Å². The van der Waals surface area contributed by atoms with E-state index in [1.165, 1.54) is 0 Å². The molecule has 0 atom stereocenters. The Hall–Kier alpha value is -0.610. The van der Waals surface area contributed by atoms with E-state index in [0.29, 0.717) is 19.8 Å². The van der Waals surface area contributed by atoms with E-state index >= 15 is 0 Å². The molecule has 0 saturated heterocycles. The summed E-state index contributed by atoms with van der Waals surface area (Å²) >= 11 is 0. The minimum atomic E-state index is -0.302. The van der Waals surface area contributed by atoms with Gasteiger partial charge in [-0.2, -0.15) is 0 Å². The lowest BCUT2D eigenvalue weighted by molar-refractivity contribution is -0.150. The molecule has 0 aromatic rings. The van der Waals surface area contributed by atoms with Crippen LogP contribution in [0, 0.1) is 0 Å². The molecule has 16 heavy (non-hydrogen) atoms. The minimum absolute atomic E-state index is 0.0111. The number of hydrogen-bond acceptors (Lipinski definition) is 4. The van der Waals surface area contributed by atoms with Gasteiger partial charge in [0.2, 0.25) is 0 Å². The molecule has 0 amide bonds. The van der Waals surface area contributed by atoms with E-state index in [1.807, 2.05) is 27.7 Å². The smallest absolute Gasteiger partial charge is 0.332 e. The molecule has 0 bridgehead atoms. The Morgan fingerprint density at radius 2 is 1.81 bits per heavy atom. The molecular formula is C12H24O4. The van der Waals surface area contributed by atoms with Crippen molar-refractivity contribution in [1.29, 1.82) is 0 Å². The number of esters is 1. The highest BCUT2D eigenvalue weighted by molar-refractivity contribution is 5.70. The summed E-state index contributed by atoms with van der Waals surface area (Å²) < 4.78 is 15.5. The molecule has 0 spiro atoms. The number of rotatable bonds is 8. The number of ether oxygens (including phenoxy) is 3. The third-order valence-corrected chi connectivity index (χ3v) is 1.74. The molecule has 4 heteroatoms. The quantitative estimate of drug-likeness (QED) is 0.475. The van der Waals surface area contributed by atoms with Crippen LogP contribution in [0.3, 0.4) is 0 Å². The first kappa shape index (κ1) is 15.4. The van der Waals surface area contributed by atoms with Crippen LogP contribution in [0.1, 0.15) is 40.5 Å². The topological polar surface area (TPSA) is 44.8 Å². The van der Waals surface area contributed by atoms with Crippen LogP contribution >= 0.6 is 0 Å². The molecule has 0 aromatic carbocycles. The van der Waals surface area contributed by atoms with Crippen LogP contribution < -0.4 is 0 Å². The fourth-order valence-electron chi connectivity index (χ4n) is 0.934. The van der Waals surface area contributed by atoms with Crippen LogP contribution in [0.5, 0.6) is 0 Å². The molecule has 0 fully saturated rings. The average Bonchev–Trinajstić information content (AvgIpc) is 2.16. The average molecular weight is 232 g/mol. The first-order valence-electron chi connectivity index (χ1n) is 5.83. The van der Waals surface area contributed by atoms with Crippen molar-refractivity contribution in [3.05, 3.63) is 0 Å². The highest BCUT2D eigenvalue weighted by Crippen LogP contribution is 2.05. The molecular weight excluding hydrogens is 208 g/mol. The largest absolute Gasteiger partial charge is 0.464 e. The van der Waals surface area contributed by atoms with Gasteiger partial charge in [0.05, 0.1) is 25.4 Å². The zero-order valence-corrected chi connectivity index (χ0v) is 10.9. The van der Waals surface area contributed by atoms with Gasteiger partial charge in [-0.3, -0.25) is 0 Å². The van der Waals surface area contributed by atoms with E-state index < -0.39 is 0 Å². The highest BCUT2D eigenvalue weighted by Gasteiger charge is 2.09. The van der Waals surface area contributed by atoms with E-state index in [4.69, 9.17) is 14.2 Å². The van der Waals surface area contributed by atoms with Crippen LogP contribution in [-0.4, -0.2) is 38.0 Å². The van der Waals surface area contributed by atoms with Crippen LogP contribution in [0.15, 0.2) is 0 Å². The van der Waals surface area contributed by atoms with Crippen LogP contribution in [0.4, 0.5) is 0 Å². The maximum Gasteiger partial charge on any atom is 0.332 e. The van der Waals surface area contributed by atoms with Gasteiger partial charge in [0.15, 0.2) is 0 Å². The highest BCUT2D eigenvalue weighted by atomic mass is 16.6. The van der Waals surface area contributed by atoms with Crippen LogP contribution in [0.2, 0.25) is 0 Å². The predicted octanol–water partition coefficient (Wildman–Crippen LogP) is 2.16. The fourth-order valence-corrected chi connectivity index (χ4v) is 0.934. The molecule has 0 unspecified atom stereocenters. The van der Waals surface area contributed by atoms with Gasteiger partial charge in [-0.25, -0.2) is 4.79 Å². The molecule has 0 aliphatic rings. The molecule has 0 rings (SSSR count). The summed E-state index contributed by atoms with van der Waals surface area (Å²) in [6.07, 6.45) is 1.92. The summed E-state index contributed by atoms with van der Waals surface area (Å²) in [6, 6.07) is 0. The Kier molecular flexibility index (Phi) is 8.21. The standard InChI is InChI=1S/C12H24O4/c1-5-6-7-15-11(13)10-14-8-9-16-12(2,3)4/h5-10H2,1-4H3. The summed E-state index contributed by atoms with van der Waals surface area (Å²) in [5.41, 5.74) is -0.162. The van der Waals surface area contributed by atoms with Gasteiger partial charge in [-0.1, -0.05) is 13.3 Å². The monoisotopic (exact) mass is 232 g/mol. The van der Waals surface area contributed by atoms with Crippen LogP contribution in [0.25, 0.3) is 0 Å². The second-order valence-electron chi connectivity index (χ2n) is 4.59. The number of hydrogen-bond donors (Lipinski definition) is 0. The lowest BCUT2D eigenvalue weighted by Crippen LogP contribution is -2.23. The van der Waals surface area contributed by atoms with E-state index in [2.05, 4.69) is 0 Å². The van der Waals surface area contributed by atoms with Crippen molar-refractivity contribution in [2.24, 2.45) is 0 Å². The summed E-state index contributed by atoms with van der Waals surface area (Å²) in [5, 5.41) is 0. The van der Waals surface area contributed by atoms with E-state index in [9.17, 15) is 4.79 Å². The normalized spacial score (nSPS) is 11.5. The summed E-state index contributed by atoms with van der Waals surface area (Å²) in [4.78, 5) is 11.1. The number of carbonyl (C=O) groups excluding carboxylic acids is 1. The molecule has 0 aliphatic heterocycles. The Morgan fingerprint density at radius 3 is 2.38 bits per heavy atom. The molecule has 96 valence electrons. The van der Waals surface area contributed by atoms with Crippen molar-refractivity contribution in [1.82, 2.24) is 0 Å².